The van der Waals surface area contributed by atoms with Gasteiger partial charge in [0.25, 0.3) is 0 Å². The van der Waals surface area contributed by atoms with Crippen molar-refractivity contribution in [2.75, 3.05) is 40.4 Å². The van der Waals surface area contributed by atoms with Crippen LogP contribution in [0.4, 0.5) is 0 Å². The Kier molecular flexibility index (Phi) is 8.27. The molecular formula is C10H22N2O3. The minimum atomic E-state index is -0.608. The topological polar surface area (TPSA) is 61.8 Å². The van der Waals surface area contributed by atoms with Crippen LogP contribution in [0.25, 0.3) is 0 Å². The predicted molar refractivity (Wildman–Crippen MR) is 58.7 cm³/mol. The summed E-state index contributed by atoms with van der Waals surface area (Å²) in [5, 5.41) is 12.5. The molecule has 0 aliphatic carbocycles. The smallest absolute Gasteiger partial charge is 0.223 e. The lowest BCUT2D eigenvalue weighted by Gasteiger charge is -2.20. The standard InChI is InChI=1S/C10H22N2O3/c1-4-11-6-5-10(14)12(2)7-9(13)8-15-3/h9,11,13H,4-8H2,1-3H3. The Morgan fingerprint density at radius 1 is 1.60 bits per heavy atom. The number of hydrogen-bond donors (Lipinski definition) is 2. The van der Waals surface area contributed by atoms with Crippen LogP contribution in [-0.2, 0) is 9.53 Å². The van der Waals surface area contributed by atoms with E-state index in [1.165, 1.54) is 12.0 Å². The van der Waals surface area contributed by atoms with Crippen molar-refractivity contribution in [2.45, 2.75) is 19.4 Å². The number of carbonyl (C=O) groups is 1. The Morgan fingerprint density at radius 3 is 2.80 bits per heavy atom. The summed E-state index contributed by atoms with van der Waals surface area (Å²) in [6.07, 6.45) is -0.146. The highest BCUT2D eigenvalue weighted by molar-refractivity contribution is 5.76. The first-order valence-electron chi connectivity index (χ1n) is 5.23. The Balaban J connectivity index is 3.68. The zero-order chi connectivity index (χ0) is 11.7. The van der Waals surface area contributed by atoms with Gasteiger partial charge in [-0.3, -0.25) is 4.79 Å². The summed E-state index contributed by atoms with van der Waals surface area (Å²) >= 11 is 0. The Hall–Kier alpha value is -0.650. The first kappa shape index (κ1) is 14.3. The van der Waals surface area contributed by atoms with Gasteiger partial charge in [0.15, 0.2) is 0 Å². The van der Waals surface area contributed by atoms with Gasteiger partial charge in [0.2, 0.25) is 5.91 Å². The van der Waals surface area contributed by atoms with Crippen LogP contribution in [-0.4, -0.2) is 62.4 Å². The number of nitrogens with zero attached hydrogens (tertiary/aromatic N) is 1. The van der Waals surface area contributed by atoms with Crippen molar-refractivity contribution in [3.8, 4) is 0 Å². The van der Waals surface area contributed by atoms with Gasteiger partial charge in [0, 0.05) is 33.7 Å². The summed E-state index contributed by atoms with van der Waals surface area (Å²) in [4.78, 5) is 13.0. The number of amides is 1. The van der Waals surface area contributed by atoms with Crippen molar-refractivity contribution in [3.05, 3.63) is 0 Å². The molecule has 15 heavy (non-hydrogen) atoms. The van der Waals surface area contributed by atoms with Gasteiger partial charge >= 0.3 is 0 Å². The molecule has 2 N–H and O–H groups in total. The van der Waals surface area contributed by atoms with Gasteiger partial charge < -0.3 is 20.1 Å². The van der Waals surface area contributed by atoms with E-state index in [-0.39, 0.29) is 12.5 Å². The SMILES string of the molecule is CCNCCC(=O)N(C)CC(O)COC. The summed E-state index contributed by atoms with van der Waals surface area (Å²) in [6, 6.07) is 0. The van der Waals surface area contributed by atoms with E-state index in [9.17, 15) is 9.90 Å². The van der Waals surface area contributed by atoms with E-state index < -0.39 is 6.10 Å². The van der Waals surface area contributed by atoms with Crippen molar-refractivity contribution >= 4 is 5.91 Å². The van der Waals surface area contributed by atoms with Gasteiger partial charge in [-0.25, -0.2) is 0 Å². The molecule has 0 saturated heterocycles. The number of aliphatic hydroxyl groups is 1. The average Bonchev–Trinajstić information content (AvgIpc) is 2.18. The van der Waals surface area contributed by atoms with Crippen molar-refractivity contribution in [3.63, 3.8) is 0 Å². The fourth-order valence-corrected chi connectivity index (χ4v) is 1.23. The molecule has 1 atom stereocenters. The lowest BCUT2D eigenvalue weighted by molar-refractivity contribution is -0.131. The number of rotatable bonds is 8. The molecule has 1 amide bonds. The van der Waals surface area contributed by atoms with E-state index >= 15 is 0 Å². The summed E-state index contributed by atoms with van der Waals surface area (Å²) in [6.45, 7) is 4.11. The molecule has 0 saturated carbocycles. The lowest BCUT2D eigenvalue weighted by Crippen LogP contribution is -2.37. The second kappa shape index (κ2) is 8.64. The highest BCUT2D eigenvalue weighted by atomic mass is 16.5. The second-order valence-corrected chi connectivity index (χ2v) is 3.49. The second-order valence-electron chi connectivity index (χ2n) is 3.49. The van der Waals surface area contributed by atoms with E-state index in [0.717, 1.165) is 6.54 Å². The maximum absolute atomic E-state index is 11.5. The van der Waals surface area contributed by atoms with Crippen molar-refractivity contribution in [1.29, 1.82) is 0 Å². The molecule has 90 valence electrons. The van der Waals surface area contributed by atoms with Gasteiger partial charge in [-0.15, -0.1) is 0 Å². The van der Waals surface area contributed by atoms with E-state index in [1.54, 1.807) is 7.05 Å². The third kappa shape index (κ3) is 7.30. The molecule has 0 aromatic heterocycles. The van der Waals surface area contributed by atoms with E-state index in [0.29, 0.717) is 19.5 Å². The number of likely N-dealkylation sites (N-methyl/N-ethyl adjacent to an activating group) is 1. The highest BCUT2D eigenvalue weighted by Crippen LogP contribution is 1.94. The minimum absolute atomic E-state index is 0.0334. The molecule has 0 heterocycles. The minimum Gasteiger partial charge on any atom is -0.389 e. The quantitative estimate of drug-likeness (QED) is 0.537. The molecular weight excluding hydrogens is 196 g/mol. The first-order chi connectivity index (χ1) is 7.11. The van der Waals surface area contributed by atoms with Crippen molar-refractivity contribution < 1.29 is 14.6 Å². The molecule has 0 aromatic carbocycles. The van der Waals surface area contributed by atoms with Crippen LogP contribution in [0, 0.1) is 0 Å². The fourth-order valence-electron chi connectivity index (χ4n) is 1.23. The molecule has 0 aliphatic heterocycles. The molecule has 5 heteroatoms. The largest absolute Gasteiger partial charge is 0.389 e. The van der Waals surface area contributed by atoms with E-state index in [2.05, 4.69) is 5.32 Å². The van der Waals surface area contributed by atoms with Gasteiger partial charge in [-0.1, -0.05) is 6.92 Å². The third-order valence-electron chi connectivity index (χ3n) is 2.04. The van der Waals surface area contributed by atoms with Gasteiger partial charge in [-0.05, 0) is 6.54 Å². The van der Waals surface area contributed by atoms with Crippen LogP contribution in [0.15, 0.2) is 0 Å². The van der Waals surface area contributed by atoms with Crippen molar-refractivity contribution in [2.24, 2.45) is 0 Å². The average molecular weight is 218 g/mol. The van der Waals surface area contributed by atoms with Crippen LogP contribution in [0.1, 0.15) is 13.3 Å². The summed E-state index contributed by atoms with van der Waals surface area (Å²) < 4.78 is 4.78. The molecule has 0 aliphatic rings. The van der Waals surface area contributed by atoms with E-state index in [4.69, 9.17) is 4.74 Å². The van der Waals surface area contributed by atoms with Crippen LogP contribution < -0.4 is 5.32 Å². The Morgan fingerprint density at radius 2 is 2.27 bits per heavy atom. The summed E-state index contributed by atoms with van der Waals surface area (Å²) in [5.74, 6) is 0.0334. The molecule has 0 radical (unpaired) electrons. The summed E-state index contributed by atoms with van der Waals surface area (Å²) in [5.41, 5.74) is 0. The monoisotopic (exact) mass is 218 g/mol. The van der Waals surface area contributed by atoms with Gasteiger partial charge in [0.05, 0.1) is 12.7 Å². The number of hydrogen-bond acceptors (Lipinski definition) is 4. The maximum atomic E-state index is 11.5. The maximum Gasteiger partial charge on any atom is 0.223 e. The molecule has 0 bridgehead atoms. The predicted octanol–water partition coefficient (Wildman–Crippen LogP) is -0.548. The van der Waals surface area contributed by atoms with Crippen LogP contribution >= 0.6 is 0 Å². The van der Waals surface area contributed by atoms with Gasteiger partial charge in [0.1, 0.15) is 0 Å². The number of methoxy groups -OCH3 is 1. The lowest BCUT2D eigenvalue weighted by atomic mass is 10.3. The van der Waals surface area contributed by atoms with Crippen LogP contribution in [0.5, 0.6) is 0 Å². The molecule has 0 rings (SSSR count). The Bertz CT molecular complexity index is 176. The van der Waals surface area contributed by atoms with E-state index in [1.807, 2.05) is 6.92 Å². The molecule has 1 unspecified atom stereocenters. The normalized spacial score (nSPS) is 12.5. The Labute approximate surface area is 91.4 Å². The molecule has 0 spiro atoms. The number of carbonyl (C=O) groups excluding carboxylic acids is 1. The first-order valence-corrected chi connectivity index (χ1v) is 5.23. The van der Waals surface area contributed by atoms with Crippen LogP contribution in [0.2, 0.25) is 0 Å². The zero-order valence-corrected chi connectivity index (χ0v) is 9.82. The third-order valence-corrected chi connectivity index (χ3v) is 2.04. The fraction of sp³-hybridized carbons (Fsp3) is 0.900. The number of ether oxygens (including phenoxy) is 1. The highest BCUT2D eigenvalue weighted by Gasteiger charge is 2.12. The summed E-state index contributed by atoms with van der Waals surface area (Å²) in [7, 11) is 3.21. The zero-order valence-electron chi connectivity index (χ0n) is 9.82. The number of aliphatic hydroxyl groups excluding tert-OH is 1. The molecule has 5 nitrogen and oxygen atoms in total. The van der Waals surface area contributed by atoms with Gasteiger partial charge in [-0.2, -0.15) is 0 Å². The van der Waals surface area contributed by atoms with Crippen LogP contribution in [0.3, 0.4) is 0 Å². The number of nitrogens with one attached hydrogen (secondary N) is 1. The molecule has 0 aromatic rings. The van der Waals surface area contributed by atoms with Crippen molar-refractivity contribution in [1.82, 2.24) is 10.2 Å². The molecule has 0 fully saturated rings.